The van der Waals surface area contributed by atoms with Crippen molar-refractivity contribution in [2.24, 2.45) is 0 Å². The molecule has 0 amide bonds. The molecule has 2 rings (SSSR count). The molecule has 4 nitrogen and oxygen atoms in total. The summed E-state index contributed by atoms with van der Waals surface area (Å²) in [7, 11) is 0. The fourth-order valence-corrected chi connectivity index (χ4v) is 2.39. The number of nitrogen functional groups attached to an aromatic ring is 1. The minimum absolute atomic E-state index is 0.309. The standard InChI is InChI=1S/C15H21N3OS/c1-15(2,3)19-14-12(16)4-5-13(18-14)17-8-6-11-7-9-20-10-11/h4-5,7,9-10H,6,8,16H2,1-3H3,(H,17,18). The number of pyridine rings is 1. The molecule has 0 saturated carbocycles. The summed E-state index contributed by atoms with van der Waals surface area (Å²) in [6, 6.07) is 5.83. The van der Waals surface area contributed by atoms with Crippen molar-refractivity contribution in [2.75, 3.05) is 17.6 Å². The number of hydrogen-bond acceptors (Lipinski definition) is 5. The third kappa shape index (κ3) is 4.42. The molecule has 2 aromatic rings. The van der Waals surface area contributed by atoms with Gasteiger partial charge in [0, 0.05) is 6.54 Å². The van der Waals surface area contributed by atoms with Gasteiger partial charge in [0.15, 0.2) is 0 Å². The molecule has 0 unspecified atom stereocenters. The van der Waals surface area contributed by atoms with Crippen molar-refractivity contribution in [3.05, 3.63) is 34.5 Å². The average Bonchev–Trinajstić information content (AvgIpc) is 2.84. The highest BCUT2D eigenvalue weighted by molar-refractivity contribution is 7.07. The van der Waals surface area contributed by atoms with Gasteiger partial charge in [-0.15, -0.1) is 0 Å². The quantitative estimate of drug-likeness (QED) is 0.884. The molecule has 0 bridgehead atoms. The summed E-state index contributed by atoms with van der Waals surface area (Å²) < 4.78 is 5.75. The highest BCUT2D eigenvalue weighted by Crippen LogP contribution is 2.24. The molecule has 0 aliphatic heterocycles. The van der Waals surface area contributed by atoms with Crippen LogP contribution in [0.25, 0.3) is 0 Å². The lowest BCUT2D eigenvalue weighted by Crippen LogP contribution is -2.24. The number of nitrogens with one attached hydrogen (secondary N) is 1. The van der Waals surface area contributed by atoms with Crippen molar-refractivity contribution in [3.8, 4) is 5.88 Å². The van der Waals surface area contributed by atoms with E-state index in [1.165, 1.54) is 5.56 Å². The van der Waals surface area contributed by atoms with Crippen molar-refractivity contribution in [2.45, 2.75) is 32.8 Å². The van der Waals surface area contributed by atoms with Gasteiger partial charge in [-0.1, -0.05) is 0 Å². The zero-order valence-electron chi connectivity index (χ0n) is 12.1. The number of thiophene rings is 1. The number of ether oxygens (including phenoxy) is 1. The molecule has 0 fully saturated rings. The Morgan fingerprint density at radius 1 is 1.30 bits per heavy atom. The van der Waals surface area contributed by atoms with Crippen LogP contribution < -0.4 is 15.8 Å². The van der Waals surface area contributed by atoms with Gasteiger partial charge in [-0.25, -0.2) is 0 Å². The van der Waals surface area contributed by atoms with E-state index in [1.807, 2.05) is 32.9 Å². The van der Waals surface area contributed by atoms with E-state index >= 15 is 0 Å². The van der Waals surface area contributed by atoms with Gasteiger partial charge in [0.05, 0.1) is 5.69 Å². The molecule has 20 heavy (non-hydrogen) atoms. The Labute approximate surface area is 124 Å². The Morgan fingerprint density at radius 3 is 2.75 bits per heavy atom. The fraction of sp³-hybridized carbons (Fsp3) is 0.400. The van der Waals surface area contributed by atoms with Gasteiger partial charge in [0.1, 0.15) is 11.4 Å². The molecule has 0 atom stereocenters. The number of nitrogens with zero attached hydrogens (tertiary/aromatic N) is 1. The van der Waals surface area contributed by atoms with E-state index in [0.29, 0.717) is 11.6 Å². The Hall–Kier alpha value is -1.75. The molecule has 108 valence electrons. The summed E-state index contributed by atoms with van der Waals surface area (Å²) in [5.41, 5.74) is 7.48. The first-order valence-corrected chi connectivity index (χ1v) is 7.59. The Morgan fingerprint density at radius 2 is 2.10 bits per heavy atom. The van der Waals surface area contributed by atoms with Crippen LogP contribution in [0.15, 0.2) is 29.0 Å². The Bertz CT molecular complexity index is 547. The molecular weight excluding hydrogens is 270 g/mol. The van der Waals surface area contributed by atoms with Crippen LogP contribution >= 0.6 is 11.3 Å². The van der Waals surface area contributed by atoms with Gasteiger partial charge in [0.2, 0.25) is 5.88 Å². The molecule has 5 heteroatoms. The second kappa shape index (κ2) is 6.13. The lowest BCUT2D eigenvalue weighted by Gasteiger charge is -2.21. The maximum absolute atomic E-state index is 5.89. The number of nitrogens with two attached hydrogens (primary N) is 1. The van der Waals surface area contributed by atoms with Crippen molar-refractivity contribution in [1.82, 2.24) is 4.98 Å². The highest BCUT2D eigenvalue weighted by Gasteiger charge is 2.15. The Balaban J connectivity index is 1.96. The minimum Gasteiger partial charge on any atom is -0.470 e. The molecule has 0 aliphatic carbocycles. The van der Waals surface area contributed by atoms with Gasteiger partial charge in [-0.05, 0) is 61.7 Å². The lowest BCUT2D eigenvalue weighted by molar-refractivity contribution is 0.125. The zero-order valence-corrected chi connectivity index (χ0v) is 13.0. The highest BCUT2D eigenvalue weighted by atomic mass is 32.1. The van der Waals surface area contributed by atoms with E-state index in [1.54, 1.807) is 11.3 Å². The van der Waals surface area contributed by atoms with Crippen LogP contribution in [0.4, 0.5) is 11.5 Å². The van der Waals surface area contributed by atoms with Crippen LogP contribution in [0.5, 0.6) is 5.88 Å². The van der Waals surface area contributed by atoms with Crippen LogP contribution in [0.3, 0.4) is 0 Å². The average molecular weight is 291 g/mol. The number of aromatic nitrogens is 1. The number of anilines is 2. The predicted octanol–water partition coefficient (Wildman–Crippen LogP) is 3.56. The van der Waals surface area contributed by atoms with Gasteiger partial charge in [-0.3, -0.25) is 0 Å². The molecule has 0 aromatic carbocycles. The summed E-state index contributed by atoms with van der Waals surface area (Å²) >= 11 is 1.72. The van der Waals surface area contributed by atoms with E-state index in [4.69, 9.17) is 10.5 Å². The fourth-order valence-electron chi connectivity index (χ4n) is 1.69. The Kier molecular flexibility index (Phi) is 4.49. The smallest absolute Gasteiger partial charge is 0.239 e. The summed E-state index contributed by atoms with van der Waals surface area (Å²) in [6.07, 6.45) is 0.977. The first kappa shape index (κ1) is 14.7. The van der Waals surface area contributed by atoms with Crippen molar-refractivity contribution >= 4 is 22.8 Å². The molecule has 2 heterocycles. The molecule has 0 radical (unpaired) electrons. The maximum atomic E-state index is 5.89. The third-order valence-electron chi connectivity index (χ3n) is 2.59. The zero-order chi connectivity index (χ0) is 14.6. The van der Waals surface area contributed by atoms with Crippen LogP contribution in [0, 0.1) is 0 Å². The first-order chi connectivity index (χ1) is 9.44. The summed E-state index contributed by atoms with van der Waals surface area (Å²) in [5, 5.41) is 7.54. The lowest BCUT2D eigenvalue weighted by atomic mass is 10.2. The summed E-state index contributed by atoms with van der Waals surface area (Å²) in [5.74, 6) is 1.27. The molecular formula is C15H21N3OS. The van der Waals surface area contributed by atoms with Crippen LogP contribution in [0.2, 0.25) is 0 Å². The van der Waals surface area contributed by atoms with E-state index < -0.39 is 0 Å². The predicted molar refractivity (Wildman–Crippen MR) is 85.5 cm³/mol. The van der Waals surface area contributed by atoms with Gasteiger partial charge in [0.25, 0.3) is 0 Å². The van der Waals surface area contributed by atoms with Crippen LogP contribution in [-0.4, -0.2) is 17.1 Å². The van der Waals surface area contributed by atoms with Crippen LogP contribution in [0.1, 0.15) is 26.3 Å². The first-order valence-electron chi connectivity index (χ1n) is 6.64. The normalized spacial score (nSPS) is 11.3. The van der Waals surface area contributed by atoms with Gasteiger partial charge in [-0.2, -0.15) is 16.3 Å². The van der Waals surface area contributed by atoms with E-state index in [2.05, 4.69) is 27.1 Å². The van der Waals surface area contributed by atoms with Gasteiger partial charge >= 0.3 is 0 Å². The van der Waals surface area contributed by atoms with Crippen molar-refractivity contribution in [1.29, 1.82) is 0 Å². The summed E-state index contributed by atoms with van der Waals surface area (Å²) in [6.45, 7) is 6.77. The molecule has 0 spiro atoms. The topological polar surface area (TPSA) is 60.2 Å². The van der Waals surface area contributed by atoms with E-state index in [9.17, 15) is 0 Å². The van der Waals surface area contributed by atoms with E-state index in [-0.39, 0.29) is 5.60 Å². The summed E-state index contributed by atoms with van der Waals surface area (Å²) in [4.78, 5) is 4.42. The number of hydrogen-bond donors (Lipinski definition) is 2. The largest absolute Gasteiger partial charge is 0.470 e. The third-order valence-corrected chi connectivity index (χ3v) is 3.32. The molecule has 3 N–H and O–H groups in total. The van der Waals surface area contributed by atoms with E-state index in [0.717, 1.165) is 18.8 Å². The maximum Gasteiger partial charge on any atom is 0.239 e. The SMILES string of the molecule is CC(C)(C)Oc1nc(NCCc2ccsc2)ccc1N. The van der Waals surface area contributed by atoms with Gasteiger partial charge < -0.3 is 15.8 Å². The van der Waals surface area contributed by atoms with Crippen LogP contribution in [-0.2, 0) is 6.42 Å². The minimum atomic E-state index is -0.309. The molecule has 0 saturated heterocycles. The van der Waals surface area contributed by atoms with Crippen molar-refractivity contribution in [3.63, 3.8) is 0 Å². The monoisotopic (exact) mass is 291 g/mol. The molecule has 0 aliphatic rings. The second-order valence-corrected chi connectivity index (χ2v) is 6.39. The number of rotatable bonds is 5. The van der Waals surface area contributed by atoms with Crippen molar-refractivity contribution < 1.29 is 4.74 Å². The molecule has 2 aromatic heterocycles. The second-order valence-electron chi connectivity index (χ2n) is 5.61.